The summed E-state index contributed by atoms with van der Waals surface area (Å²) in [6.07, 6.45) is 1.32. The van der Waals surface area contributed by atoms with Crippen LogP contribution < -0.4 is 0 Å². The first-order valence-corrected chi connectivity index (χ1v) is 11.7. The fourth-order valence-corrected chi connectivity index (χ4v) is 3.36. The third kappa shape index (κ3) is 13.6. The van der Waals surface area contributed by atoms with E-state index in [0.29, 0.717) is 6.42 Å². The van der Waals surface area contributed by atoms with Gasteiger partial charge in [0.25, 0.3) is 20.2 Å². The summed E-state index contributed by atoms with van der Waals surface area (Å²) in [5, 5.41) is 0. The van der Waals surface area contributed by atoms with E-state index < -0.39 is 38.0 Å². The summed E-state index contributed by atoms with van der Waals surface area (Å²) in [6.45, 7) is 7.54. The van der Waals surface area contributed by atoms with Gasteiger partial charge in [-0.1, -0.05) is 6.92 Å². The Kier molecular flexibility index (Phi) is 10.1. The van der Waals surface area contributed by atoms with Crippen molar-refractivity contribution in [1.29, 1.82) is 0 Å². The molecular weight excluding hydrogens is 372 g/mol. The molecule has 8 nitrogen and oxygen atoms in total. The lowest BCUT2D eigenvalue weighted by Crippen LogP contribution is -2.39. The summed E-state index contributed by atoms with van der Waals surface area (Å²) in [5.74, 6) is 0. The molecule has 10 heteroatoms. The summed E-state index contributed by atoms with van der Waals surface area (Å²) < 4.78 is 66.5. The predicted octanol–water partition coefficient (Wildman–Crippen LogP) is 1.70. The van der Waals surface area contributed by atoms with Crippen LogP contribution in [0.5, 0.6) is 0 Å². The quantitative estimate of drug-likeness (QED) is 0.453. The van der Waals surface area contributed by atoms with Gasteiger partial charge in [-0.15, -0.1) is 0 Å². The summed E-state index contributed by atoms with van der Waals surface area (Å²) in [5.41, 5.74) is -0.391. The molecule has 1 unspecified atom stereocenters. The van der Waals surface area contributed by atoms with Gasteiger partial charge in [-0.05, 0) is 27.2 Å². The van der Waals surface area contributed by atoms with Crippen LogP contribution in [0.15, 0.2) is 0 Å². The minimum Gasteiger partial charge on any atom is -0.379 e. The average molecular weight is 405 g/mol. The normalized spacial score (nSPS) is 17.2. The van der Waals surface area contributed by atoms with Crippen LogP contribution in [0.3, 0.4) is 0 Å². The summed E-state index contributed by atoms with van der Waals surface area (Å²) in [7, 11) is -5.89. The zero-order chi connectivity index (χ0) is 19.9. The highest BCUT2D eigenvalue weighted by Crippen LogP contribution is 2.22. The Morgan fingerprint density at radius 2 is 1.52 bits per heavy atom. The first kappa shape index (κ1) is 24.7. The minimum absolute atomic E-state index is 0.127. The maximum atomic E-state index is 11.6. The van der Waals surface area contributed by atoms with Gasteiger partial charge < -0.3 is 9.47 Å². The largest absolute Gasteiger partial charge is 0.379 e. The fraction of sp³-hybridized carbons (Fsp3) is 1.00. The maximum Gasteiger partial charge on any atom is 0.264 e. The van der Waals surface area contributed by atoms with E-state index >= 15 is 0 Å². The van der Waals surface area contributed by atoms with Crippen molar-refractivity contribution in [3.05, 3.63) is 0 Å². The molecule has 0 aromatic rings. The van der Waals surface area contributed by atoms with Gasteiger partial charge in [0.15, 0.2) is 0 Å². The molecule has 0 bridgehead atoms. The van der Waals surface area contributed by atoms with Crippen LogP contribution in [0, 0.1) is 0 Å². The molecule has 152 valence electrons. The molecule has 0 aliphatic heterocycles. The summed E-state index contributed by atoms with van der Waals surface area (Å²) >= 11 is 0. The number of ether oxygens (including phenoxy) is 2. The number of hydrogen-bond donors (Lipinski definition) is 0. The maximum absolute atomic E-state index is 11.6. The lowest BCUT2D eigenvalue weighted by Gasteiger charge is -2.32. The van der Waals surface area contributed by atoms with E-state index in [-0.39, 0.29) is 25.6 Å². The van der Waals surface area contributed by atoms with Crippen LogP contribution in [0.1, 0.15) is 47.0 Å². The first-order chi connectivity index (χ1) is 11.2. The third-order valence-electron chi connectivity index (χ3n) is 3.19. The van der Waals surface area contributed by atoms with E-state index in [4.69, 9.17) is 17.8 Å². The van der Waals surface area contributed by atoms with Crippen LogP contribution in [0.25, 0.3) is 0 Å². The standard InChI is InChI=1S/C15H32O8S2/c1-8-12(22-15(2,3)4)11-14(23-25(7,18)19)13(20-5)9-10-21-24(6,16)17/h12-14H,8-11H2,1-7H3/t12-,13+,14?/m0/s1. The van der Waals surface area contributed by atoms with Crippen molar-refractivity contribution in [2.24, 2.45) is 0 Å². The van der Waals surface area contributed by atoms with Crippen molar-refractivity contribution < 1.29 is 34.7 Å². The Hall–Kier alpha value is -0.260. The average Bonchev–Trinajstić information content (AvgIpc) is 2.37. The second-order valence-corrected chi connectivity index (χ2v) is 10.2. The fourth-order valence-electron chi connectivity index (χ4n) is 2.31. The predicted molar refractivity (Wildman–Crippen MR) is 95.5 cm³/mol. The van der Waals surface area contributed by atoms with Crippen LogP contribution in [0.4, 0.5) is 0 Å². The molecule has 0 rings (SSSR count). The Morgan fingerprint density at radius 1 is 0.960 bits per heavy atom. The molecule has 0 fully saturated rings. The monoisotopic (exact) mass is 404 g/mol. The SMILES string of the molecule is CC[C@@H](CC(OS(C)(=O)=O)[C@@H](CCOS(C)(=O)=O)OC)OC(C)(C)C. The van der Waals surface area contributed by atoms with Gasteiger partial charge in [0.2, 0.25) is 0 Å². The Bertz CT molecular complexity index is 577. The van der Waals surface area contributed by atoms with Crippen molar-refractivity contribution >= 4 is 20.2 Å². The topological polar surface area (TPSA) is 105 Å². The summed E-state index contributed by atoms with van der Waals surface area (Å²) in [4.78, 5) is 0. The molecule has 0 saturated carbocycles. The molecule has 0 saturated heterocycles. The molecule has 3 atom stereocenters. The number of methoxy groups -OCH3 is 1. The van der Waals surface area contributed by atoms with Crippen LogP contribution in [-0.2, 0) is 38.1 Å². The van der Waals surface area contributed by atoms with E-state index in [1.165, 1.54) is 7.11 Å². The van der Waals surface area contributed by atoms with Gasteiger partial charge in [0.1, 0.15) is 6.10 Å². The smallest absolute Gasteiger partial charge is 0.264 e. The molecule has 0 aliphatic carbocycles. The van der Waals surface area contributed by atoms with Gasteiger partial charge in [0, 0.05) is 20.0 Å². The Morgan fingerprint density at radius 3 is 1.88 bits per heavy atom. The van der Waals surface area contributed by atoms with E-state index in [2.05, 4.69) is 0 Å². The van der Waals surface area contributed by atoms with Gasteiger partial charge in [-0.25, -0.2) is 0 Å². The van der Waals surface area contributed by atoms with Crippen LogP contribution >= 0.6 is 0 Å². The highest BCUT2D eigenvalue weighted by molar-refractivity contribution is 7.86. The Labute approximate surface area is 152 Å². The van der Waals surface area contributed by atoms with Crippen LogP contribution in [0.2, 0.25) is 0 Å². The van der Waals surface area contributed by atoms with E-state index in [0.717, 1.165) is 12.5 Å². The van der Waals surface area contributed by atoms with Crippen molar-refractivity contribution in [2.45, 2.75) is 70.9 Å². The molecule has 0 aliphatic rings. The van der Waals surface area contributed by atoms with E-state index in [9.17, 15) is 16.8 Å². The second-order valence-electron chi connectivity index (χ2n) is 6.92. The lowest BCUT2D eigenvalue weighted by molar-refractivity contribution is -0.0923. The van der Waals surface area contributed by atoms with Gasteiger partial charge >= 0.3 is 0 Å². The highest BCUT2D eigenvalue weighted by atomic mass is 32.2. The minimum atomic E-state index is -3.72. The van der Waals surface area contributed by atoms with Crippen LogP contribution in [-0.4, -0.2) is 67.0 Å². The van der Waals surface area contributed by atoms with Crippen molar-refractivity contribution in [3.63, 3.8) is 0 Å². The molecule has 0 aromatic carbocycles. The molecule has 25 heavy (non-hydrogen) atoms. The second kappa shape index (κ2) is 10.2. The lowest BCUT2D eigenvalue weighted by atomic mass is 10.0. The van der Waals surface area contributed by atoms with Gasteiger partial charge in [0.05, 0.1) is 36.9 Å². The Balaban J connectivity index is 5.15. The molecule has 0 aromatic heterocycles. The third-order valence-corrected chi connectivity index (χ3v) is 4.38. The van der Waals surface area contributed by atoms with E-state index in [1.54, 1.807) is 0 Å². The zero-order valence-electron chi connectivity index (χ0n) is 16.1. The highest BCUT2D eigenvalue weighted by Gasteiger charge is 2.30. The van der Waals surface area contributed by atoms with Gasteiger partial charge in [-0.3, -0.25) is 8.37 Å². The number of hydrogen-bond acceptors (Lipinski definition) is 8. The van der Waals surface area contributed by atoms with Crippen molar-refractivity contribution in [3.8, 4) is 0 Å². The zero-order valence-corrected chi connectivity index (χ0v) is 17.8. The molecule has 0 heterocycles. The summed E-state index contributed by atoms with van der Waals surface area (Å²) in [6, 6.07) is 0. The first-order valence-electron chi connectivity index (χ1n) is 8.10. The molecule has 0 amide bonds. The molecule has 0 radical (unpaired) electrons. The van der Waals surface area contributed by atoms with Crippen molar-refractivity contribution in [2.75, 3.05) is 26.2 Å². The van der Waals surface area contributed by atoms with Crippen molar-refractivity contribution in [1.82, 2.24) is 0 Å². The molecular formula is C15H32O8S2. The van der Waals surface area contributed by atoms with E-state index in [1.807, 2.05) is 27.7 Å². The molecule has 0 spiro atoms. The molecule has 0 N–H and O–H groups in total. The van der Waals surface area contributed by atoms with Gasteiger partial charge in [-0.2, -0.15) is 16.8 Å². The number of rotatable bonds is 12.